The number of fused-ring (bicyclic) bond motifs is 2. The van der Waals surface area contributed by atoms with E-state index in [2.05, 4.69) is 53.4 Å². The summed E-state index contributed by atoms with van der Waals surface area (Å²) in [4.78, 5) is 33.6. The Hall–Kier alpha value is -4.31. The number of likely N-dealkylation sites (N-methyl/N-ethyl adjacent to an activating group) is 1. The van der Waals surface area contributed by atoms with Crippen LogP contribution in [0.1, 0.15) is 13.3 Å². The van der Waals surface area contributed by atoms with Crippen LogP contribution in [0.4, 0.5) is 11.4 Å². The Labute approximate surface area is 207 Å². The maximum Gasteiger partial charge on any atom is 0.224 e. The number of hydrogen-bond acceptors (Lipinski definition) is 7. The number of imidazole rings is 1. The second-order valence-corrected chi connectivity index (χ2v) is 9.10. The summed E-state index contributed by atoms with van der Waals surface area (Å²) in [5.41, 5.74) is 6.91. The summed E-state index contributed by atoms with van der Waals surface area (Å²) in [5, 5.41) is 11.5. The molecule has 1 aromatic carbocycles. The molecule has 6 rings (SSSR count). The number of anilines is 2. The molecular weight excluding hydrogens is 454 g/mol. The summed E-state index contributed by atoms with van der Waals surface area (Å²) in [6, 6.07) is 10.1. The van der Waals surface area contributed by atoms with E-state index in [1.807, 2.05) is 37.4 Å². The zero-order valence-corrected chi connectivity index (χ0v) is 20.2. The van der Waals surface area contributed by atoms with Crippen LogP contribution >= 0.6 is 0 Å². The number of nitrogens with one attached hydrogen (secondary N) is 3. The molecular formula is C26H27N9O. The van der Waals surface area contributed by atoms with Crippen molar-refractivity contribution in [2.75, 3.05) is 43.4 Å². The van der Waals surface area contributed by atoms with E-state index in [4.69, 9.17) is 4.98 Å². The molecule has 0 atom stereocenters. The van der Waals surface area contributed by atoms with Gasteiger partial charge >= 0.3 is 0 Å². The van der Waals surface area contributed by atoms with Gasteiger partial charge in [0.1, 0.15) is 11.2 Å². The molecule has 10 nitrogen and oxygen atoms in total. The maximum absolute atomic E-state index is 11.8. The van der Waals surface area contributed by atoms with Gasteiger partial charge in [0, 0.05) is 55.9 Å². The van der Waals surface area contributed by atoms with Crippen LogP contribution in [0.2, 0.25) is 0 Å². The Balaban J connectivity index is 1.38. The van der Waals surface area contributed by atoms with Gasteiger partial charge in [0.2, 0.25) is 5.91 Å². The molecule has 0 spiro atoms. The van der Waals surface area contributed by atoms with Gasteiger partial charge in [-0.2, -0.15) is 5.10 Å². The number of benzene rings is 1. The lowest BCUT2D eigenvalue weighted by Gasteiger charge is -2.34. The van der Waals surface area contributed by atoms with Crippen LogP contribution in [0, 0.1) is 0 Å². The van der Waals surface area contributed by atoms with Crippen molar-refractivity contribution in [3.63, 3.8) is 0 Å². The summed E-state index contributed by atoms with van der Waals surface area (Å²) in [6.45, 7) is 5.79. The summed E-state index contributed by atoms with van der Waals surface area (Å²) < 4.78 is 0. The van der Waals surface area contributed by atoms with Gasteiger partial charge in [-0.25, -0.2) is 9.97 Å². The third-order valence-electron chi connectivity index (χ3n) is 6.68. The number of amides is 1. The minimum atomic E-state index is -0.0454. The number of pyridine rings is 2. The molecule has 0 bridgehead atoms. The lowest BCUT2D eigenvalue weighted by Crippen LogP contribution is -2.44. The number of nitrogens with zero attached hydrogens (tertiary/aromatic N) is 6. The van der Waals surface area contributed by atoms with E-state index in [-0.39, 0.29) is 5.91 Å². The quantitative estimate of drug-likeness (QED) is 0.350. The zero-order chi connectivity index (χ0) is 24.6. The van der Waals surface area contributed by atoms with Crippen LogP contribution in [-0.4, -0.2) is 74.2 Å². The molecule has 1 aliphatic heterocycles. The van der Waals surface area contributed by atoms with Crippen LogP contribution in [0.25, 0.3) is 44.7 Å². The molecule has 36 heavy (non-hydrogen) atoms. The largest absolute Gasteiger partial charge is 0.367 e. The van der Waals surface area contributed by atoms with Crippen molar-refractivity contribution in [3.8, 4) is 22.6 Å². The third-order valence-corrected chi connectivity index (χ3v) is 6.68. The number of carbonyl (C=O) groups excluding carboxylic acids is 1. The van der Waals surface area contributed by atoms with Crippen molar-refractivity contribution >= 4 is 39.3 Å². The highest BCUT2D eigenvalue weighted by atomic mass is 16.1. The van der Waals surface area contributed by atoms with E-state index >= 15 is 0 Å². The van der Waals surface area contributed by atoms with Gasteiger partial charge < -0.3 is 20.1 Å². The van der Waals surface area contributed by atoms with Gasteiger partial charge in [0.25, 0.3) is 0 Å². The van der Waals surface area contributed by atoms with Crippen LogP contribution in [0.5, 0.6) is 0 Å². The van der Waals surface area contributed by atoms with Crippen molar-refractivity contribution in [1.29, 1.82) is 0 Å². The molecule has 1 amide bonds. The van der Waals surface area contributed by atoms with Gasteiger partial charge in [-0.1, -0.05) is 13.0 Å². The fourth-order valence-electron chi connectivity index (χ4n) is 4.61. The predicted molar refractivity (Wildman–Crippen MR) is 141 cm³/mol. The summed E-state index contributed by atoms with van der Waals surface area (Å²) >= 11 is 0. The number of hydrogen-bond donors (Lipinski definition) is 3. The molecule has 1 saturated heterocycles. The minimum absolute atomic E-state index is 0.0454. The molecule has 5 heterocycles. The lowest BCUT2D eigenvalue weighted by molar-refractivity contribution is -0.115. The van der Waals surface area contributed by atoms with Crippen molar-refractivity contribution in [2.45, 2.75) is 13.3 Å². The highest BCUT2D eigenvalue weighted by Crippen LogP contribution is 2.32. The Morgan fingerprint density at radius 1 is 1.08 bits per heavy atom. The fourth-order valence-corrected chi connectivity index (χ4v) is 4.61. The maximum atomic E-state index is 11.8. The molecule has 0 saturated carbocycles. The predicted octanol–water partition coefficient (Wildman–Crippen LogP) is 3.66. The number of aromatic nitrogens is 6. The van der Waals surface area contributed by atoms with E-state index in [9.17, 15) is 4.79 Å². The average molecular weight is 482 g/mol. The lowest BCUT2D eigenvalue weighted by atomic mass is 10.0. The van der Waals surface area contributed by atoms with Crippen LogP contribution < -0.4 is 10.2 Å². The average Bonchev–Trinajstić information content (AvgIpc) is 3.53. The SMILES string of the molecule is CCC(=O)Nc1cncc(-c2ccc3[nH]nc(-c4nc5nccc(N6CCN(C)CC6)c5[nH]4)c3c2)c1. The molecule has 4 aromatic heterocycles. The minimum Gasteiger partial charge on any atom is -0.367 e. The van der Waals surface area contributed by atoms with Crippen LogP contribution in [0.15, 0.2) is 48.9 Å². The standard InChI is InChI=1S/C26H27N9O/c1-3-22(36)29-18-12-17(14-27-15-18)16-4-5-20-19(13-16)23(33-32-20)26-30-24-21(6-7-28-25(24)31-26)35-10-8-34(2)9-11-35/h4-7,12-15H,3,8-11H2,1-2H3,(H,29,36)(H,32,33)(H,28,30,31). The zero-order valence-electron chi connectivity index (χ0n) is 20.2. The molecule has 1 aliphatic rings. The van der Waals surface area contributed by atoms with Crippen molar-refractivity contribution in [2.24, 2.45) is 0 Å². The number of carbonyl (C=O) groups is 1. The molecule has 0 radical (unpaired) electrons. The normalized spacial score (nSPS) is 14.6. The molecule has 10 heteroatoms. The number of rotatable bonds is 5. The number of piperazine rings is 1. The molecule has 1 fully saturated rings. The summed E-state index contributed by atoms with van der Waals surface area (Å²) in [5.74, 6) is 0.625. The topological polar surface area (TPSA) is 119 Å². The Morgan fingerprint density at radius 3 is 2.78 bits per heavy atom. The smallest absolute Gasteiger partial charge is 0.224 e. The first-order valence-corrected chi connectivity index (χ1v) is 12.1. The summed E-state index contributed by atoms with van der Waals surface area (Å²) in [6.07, 6.45) is 5.67. The first-order valence-electron chi connectivity index (χ1n) is 12.1. The van der Waals surface area contributed by atoms with E-state index in [0.29, 0.717) is 23.6 Å². The molecule has 182 valence electrons. The summed E-state index contributed by atoms with van der Waals surface area (Å²) in [7, 11) is 2.15. The fraction of sp³-hybridized carbons (Fsp3) is 0.269. The second kappa shape index (κ2) is 9.04. The third kappa shape index (κ3) is 4.05. The highest BCUT2D eigenvalue weighted by Gasteiger charge is 2.20. The molecule has 0 aliphatic carbocycles. The Morgan fingerprint density at radius 2 is 1.94 bits per heavy atom. The number of aromatic amines is 2. The van der Waals surface area contributed by atoms with E-state index in [1.54, 1.807) is 12.4 Å². The highest BCUT2D eigenvalue weighted by molar-refractivity contribution is 5.97. The Bertz CT molecular complexity index is 1560. The van der Waals surface area contributed by atoms with Gasteiger partial charge in [-0.3, -0.25) is 14.9 Å². The van der Waals surface area contributed by atoms with Crippen LogP contribution in [0.3, 0.4) is 0 Å². The second-order valence-electron chi connectivity index (χ2n) is 9.10. The van der Waals surface area contributed by atoms with Gasteiger partial charge in [-0.15, -0.1) is 0 Å². The molecule has 3 N–H and O–H groups in total. The molecule has 5 aromatic rings. The van der Waals surface area contributed by atoms with Crippen molar-refractivity contribution in [1.82, 2.24) is 35.0 Å². The first kappa shape index (κ1) is 22.2. The van der Waals surface area contributed by atoms with E-state index in [0.717, 1.165) is 65.1 Å². The van der Waals surface area contributed by atoms with Crippen LogP contribution in [-0.2, 0) is 4.79 Å². The monoisotopic (exact) mass is 481 g/mol. The van der Waals surface area contributed by atoms with Gasteiger partial charge in [0.15, 0.2) is 11.5 Å². The first-order chi connectivity index (χ1) is 17.6. The van der Waals surface area contributed by atoms with Crippen molar-refractivity contribution < 1.29 is 4.79 Å². The molecule has 0 unspecified atom stereocenters. The Kier molecular flexibility index (Phi) is 5.57. The van der Waals surface area contributed by atoms with E-state index < -0.39 is 0 Å². The van der Waals surface area contributed by atoms with E-state index in [1.165, 1.54) is 0 Å². The van der Waals surface area contributed by atoms with Gasteiger partial charge in [0.05, 0.1) is 23.1 Å². The number of H-pyrrole nitrogens is 2. The van der Waals surface area contributed by atoms with Gasteiger partial charge in [-0.05, 0) is 36.9 Å². The van der Waals surface area contributed by atoms with Crippen molar-refractivity contribution in [3.05, 3.63) is 48.9 Å².